The van der Waals surface area contributed by atoms with Gasteiger partial charge < -0.3 is 5.11 Å². The molecule has 0 unspecified atom stereocenters. The molecule has 0 aromatic carbocycles. The molecule has 1 N–H and O–H groups in total. The van der Waals surface area contributed by atoms with Crippen LogP contribution in [0, 0.1) is 11.3 Å². The average molecular weight is 238 g/mol. The van der Waals surface area contributed by atoms with Crippen LogP contribution in [0.1, 0.15) is 53.9 Å². The van der Waals surface area contributed by atoms with Crippen LogP contribution in [0.3, 0.4) is 0 Å². The maximum absolute atomic E-state index is 11.4. The summed E-state index contributed by atoms with van der Waals surface area (Å²) in [5, 5.41) is 9.35. The van der Waals surface area contributed by atoms with E-state index >= 15 is 0 Å². The highest BCUT2D eigenvalue weighted by molar-refractivity contribution is 5.78. The van der Waals surface area contributed by atoms with Crippen molar-refractivity contribution in [3.8, 4) is 0 Å². The maximum atomic E-state index is 11.4. The minimum absolute atomic E-state index is 0.114. The molecule has 0 aliphatic carbocycles. The summed E-state index contributed by atoms with van der Waals surface area (Å²) in [6.45, 7) is 13.6. The first-order valence-corrected chi connectivity index (χ1v) is 6.25. The van der Waals surface area contributed by atoms with Crippen LogP contribution in [0.15, 0.2) is 23.8 Å². The van der Waals surface area contributed by atoms with Gasteiger partial charge in [-0.1, -0.05) is 30.7 Å². The van der Waals surface area contributed by atoms with Crippen LogP contribution < -0.4 is 0 Å². The van der Waals surface area contributed by atoms with Crippen LogP contribution in [0.5, 0.6) is 0 Å². The zero-order chi connectivity index (χ0) is 13.6. The highest BCUT2D eigenvalue weighted by Crippen LogP contribution is 2.37. The van der Waals surface area contributed by atoms with E-state index in [1.807, 2.05) is 6.92 Å². The van der Waals surface area contributed by atoms with Crippen LogP contribution in [-0.4, -0.2) is 11.1 Å². The van der Waals surface area contributed by atoms with Gasteiger partial charge in [0.2, 0.25) is 0 Å². The Balaban J connectivity index is 4.46. The summed E-state index contributed by atoms with van der Waals surface area (Å²) in [5.74, 6) is -0.650. The van der Waals surface area contributed by atoms with Crippen LogP contribution in [0.4, 0.5) is 0 Å². The molecule has 0 radical (unpaired) electrons. The number of aliphatic carboxylic acids is 1. The molecule has 0 saturated heterocycles. The Kier molecular flexibility index (Phi) is 6.22. The lowest BCUT2D eigenvalue weighted by Crippen LogP contribution is -2.35. The SMILES string of the molecule is C=C(C)[C@@](C)(C(=O)O)[C@H](C)CCCC=C(C)C. The number of hydrogen-bond acceptors (Lipinski definition) is 1. The normalized spacial score (nSPS) is 15.8. The van der Waals surface area contributed by atoms with Gasteiger partial charge in [0.05, 0.1) is 5.41 Å². The molecule has 0 spiro atoms. The van der Waals surface area contributed by atoms with E-state index in [1.165, 1.54) is 5.57 Å². The summed E-state index contributed by atoms with van der Waals surface area (Å²) in [5.41, 5.74) is 1.25. The number of unbranched alkanes of at least 4 members (excludes halogenated alkanes) is 1. The number of carbonyl (C=O) groups is 1. The Morgan fingerprint density at radius 2 is 1.94 bits per heavy atom. The Morgan fingerprint density at radius 3 is 2.29 bits per heavy atom. The second kappa shape index (κ2) is 6.63. The van der Waals surface area contributed by atoms with Gasteiger partial charge in [-0.2, -0.15) is 0 Å². The Labute approximate surface area is 105 Å². The molecule has 98 valence electrons. The van der Waals surface area contributed by atoms with Crippen molar-refractivity contribution in [2.45, 2.75) is 53.9 Å². The molecule has 0 fully saturated rings. The van der Waals surface area contributed by atoms with E-state index in [1.54, 1.807) is 13.8 Å². The molecule has 2 atom stereocenters. The van der Waals surface area contributed by atoms with Crippen molar-refractivity contribution in [3.63, 3.8) is 0 Å². The number of carboxylic acids is 1. The molecule has 0 rings (SSSR count). The third-order valence-corrected chi connectivity index (χ3v) is 3.71. The molecule has 0 heterocycles. The third kappa shape index (κ3) is 4.37. The lowest BCUT2D eigenvalue weighted by Gasteiger charge is -2.32. The van der Waals surface area contributed by atoms with Crippen molar-refractivity contribution in [1.29, 1.82) is 0 Å². The molecule has 0 bridgehead atoms. The van der Waals surface area contributed by atoms with Crippen molar-refractivity contribution in [3.05, 3.63) is 23.8 Å². The largest absolute Gasteiger partial charge is 0.481 e. The van der Waals surface area contributed by atoms with Gasteiger partial charge in [-0.25, -0.2) is 0 Å². The van der Waals surface area contributed by atoms with Gasteiger partial charge in [-0.3, -0.25) is 4.79 Å². The molecule has 0 aromatic rings. The van der Waals surface area contributed by atoms with Crippen molar-refractivity contribution < 1.29 is 9.90 Å². The minimum atomic E-state index is -0.801. The first kappa shape index (κ1) is 16.0. The smallest absolute Gasteiger partial charge is 0.313 e. The number of rotatable bonds is 7. The van der Waals surface area contributed by atoms with Crippen LogP contribution in [0.2, 0.25) is 0 Å². The van der Waals surface area contributed by atoms with Gasteiger partial charge in [-0.15, -0.1) is 0 Å². The summed E-state index contributed by atoms with van der Waals surface area (Å²) < 4.78 is 0. The van der Waals surface area contributed by atoms with Gasteiger partial charge in [0.15, 0.2) is 0 Å². The minimum Gasteiger partial charge on any atom is -0.481 e. The standard InChI is InChI=1S/C15H26O2/c1-11(2)9-7-8-10-13(5)15(6,12(3)4)14(16)17/h9,13H,3,7-8,10H2,1-2,4-6H3,(H,16,17)/t13-,15-/m1/s1. The summed E-state index contributed by atoms with van der Waals surface area (Å²) in [4.78, 5) is 11.4. The average Bonchev–Trinajstić information content (AvgIpc) is 2.21. The number of hydrogen-bond donors (Lipinski definition) is 1. The van der Waals surface area contributed by atoms with Crippen molar-refractivity contribution >= 4 is 5.97 Å². The predicted molar refractivity (Wildman–Crippen MR) is 73.0 cm³/mol. The first-order chi connectivity index (χ1) is 7.72. The Hall–Kier alpha value is -1.05. The quantitative estimate of drug-likeness (QED) is 0.526. The highest BCUT2D eigenvalue weighted by Gasteiger charge is 2.39. The van der Waals surface area contributed by atoms with E-state index in [4.69, 9.17) is 0 Å². The van der Waals surface area contributed by atoms with Crippen molar-refractivity contribution in [1.82, 2.24) is 0 Å². The third-order valence-electron chi connectivity index (χ3n) is 3.71. The van der Waals surface area contributed by atoms with Gasteiger partial charge in [-0.05, 0) is 52.9 Å². The van der Waals surface area contributed by atoms with Gasteiger partial charge in [0.25, 0.3) is 0 Å². The molecule has 2 nitrogen and oxygen atoms in total. The lowest BCUT2D eigenvalue weighted by atomic mass is 9.71. The molecule has 0 saturated carbocycles. The molecular weight excluding hydrogens is 212 g/mol. The van der Waals surface area contributed by atoms with E-state index in [9.17, 15) is 9.90 Å². The second-order valence-corrected chi connectivity index (χ2v) is 5.40. The fraction of sp³-hybridized carbons (Fsp3) is 0.667. The van der Waals surface area contributed by atoms with Crippen LogP contribution >= 0.6 is 0 Å². The zero-order valence-electron chi connectivity index (χ0n) is 11.8. The summed E-state index contributed by atoms with van der Waals surface area (Å²) in [6.07, 6.45) is 5.17. The van der Waals surface area contributed by atoms with E-state index in [-0.39, 0.29) is 5.92 Å². The molecular formula is C15H26O2. The molecule has 0 aliphatic heterocycles. The van der Waals surface area contributed by atoms with E-state index in [2.05, 4.69) is 26.5 Å². The zero-order valence-corrected chi connectivity index (χ0v) is 11.8. The van der Waals surface area contributed by atoms with Gasteiger partial charge >= 0.3 is 5.97 Å². The fourth-order valence-corrected chi connectivity index (χ4v) is 1.92. The fourth-order valence-electron chi connectivity index (χ4n) is 1.92. The maximum Gasteiger partial charge on any atom is 0.313 e. The predicted octanol–water partition coefficient (Wildman–Crippen LogP) is 4.43. The van der Waals surface area contributed by atoms with E-state index in [0.717, 1.165) is 24.8 Å². The van der Waals surface area contributed by atoms with Gasteiger partial charge in [0, 0.05) is 0 Å². The summed E-state index contributed by atoms with van der Waals surface area (Å²) >= 11 is 0. The second-order valence-electron chi connectivity index (χ2n) is 5.40. The highest BCUT2D eigenvalue weighted by atomic mass is 16.4. The van der Waals surface area contributed by atoms with Gasteiger partial charge in [0.1, 0.15) is 0 Å². The molecule has 17 heavy (non-hydrogen) atoms. The number of carboxylic acid groups (broad SMARTS) is 1. The van der Waals surface area contributed by atoms with Crippen LogP contribution in [0.25, 0.3) is 0 Å². The topological polar surface area (TPSA) is 37.3 Å². The molecule has 0 aromatic heterocycles. The Morgan fingerprint density at radius 1 is 1.41 bits per heavy atom. The monoisotopic (exact) mass is 238 g/mol. The lowest BCUT2D eigenvalue weighted by molar-refractivity contribution is -0.148. The summed E-state index contributed by atoms with van der Waals surface area (Å²) in [7, 11) is 0. The molecule has 0 amide bonds. The van der Waals surface area contributed by atoms with Crippen molar-refractivity contribution in [2.24, 2.45) is 11.3 Å². The van der Waals surface area contributed by atoms with Crippen LogP contribution in [-0.2, 0) is 4.79 Å². The molecule has 2 heteroatoms. The van der Waals surface area contributed by atoms with E-state index in [0.29, 0.717) is 0 Å². The first-order valence-electron chi connectivity index (χ1n) is 6.25. The van der Waals surface area contributed by atoms with Crippen molar-refractivity contribution in [2.75, 3.05) is 0 Å². The van der Waals surface area contributed by atoms with E-state index < -0.39 is 11.4 Å². The number of allylic oxidation sites excluding steroid dienone is 2. The molecule has 0 aliphatic rings. The Bertz CT molecular complexity index is 295. The summed E-state index contributed by atoms with van der Waals surface area (Å²) in [6, 6.07) is 0.